The van der Waals surface area contributed by atoms with Crippen LogP contribution in [0.25, 0.3) is 0 Å². The van der Waals surface area contributed by atoms with Crippen molar-refractivity contribution in [1.82, 2.24) is 10.2 Å². The number of carbonyl (C=O) groups is 2. The monoisotopic (exact) mass is 665 g/mol. The molecule has 4 aromatic carbocycles. The minimum atomic E-state index is -4.29. The average molecular weight is 666 g/mol. The van der Waals surface area contributed by atoms with Crippen LogP contribution in [0, 0.1) is 5.82 Å². The molecule has 4 aromatic rings. The summed E-state index contributed by atoms with van der Waals surface area (Å²) in [6, 6.07) is 25.6. The van der Waals surface area contributed by atoms with Gasteiger partial charge in [-0.05, 0) is 92.6 Å². The van der Waals surface area contributed by atoms with Crippen LogP contribution in [0.2, 0.25) is 5.02 Å². The van der Waals surface area contributed by atoms with E-state index in [2.05, 4.69) is 5.32 Å². The van der Waals surface area contributed by atoms with E-state index in [1.807, 2.05) is 51.1 Å². The topological polar surface area (TPSA) is 96.0 Å². The molecule has 1 N–H and O–H groups in total. The third-order valence-corrected chi connectivity index (χ3v) is 9.12. The first-order valence-electron chi connectivity index (χ1n) is 14.9. The lowest BCUT2D eigenvalue weighted by atomic mass is 10.0. The Bertz CT molecular complexity index is 1700. The highest BCUT2D eigenvalue weighted by Crippen LogP contribution is 2.28. The normalized spacial score (nSPS) is 12.0. The zero-order chi connectivity index (χ0) is 33.3. The van der Waals surface area contributed by atoms with E-state index >= 15 is 0 Å². The summed E-state index contributed by atoms with van der Waals surface area (Å²) in [6.45, 7) is 5.19. The highest BCUT2D eigenvalue weighted by atomic mass is 35.5. The second-order valence-corrected chi connectivity index (χ2v) is 13.2. The molecule has 0 aromatic heterocycles. The number of halogens is 2. The summed E-state index contributed by atoms with van der Waals surface area (Å²) in [4.78, 5) is 29.5. The fourth-order valence-corrected chi connectivity index (χ4v) is 6.40. The molecule has 0 heterocycles. The summed E-state index contributed by atoms with van der Waals surface area (Å²) >= 11 is 6.04. The van der Waals surface area contributed by atoms with E-state index in [0.717, 1.165) is 9.87 Å². The van der Waals surface area contributed by atoms with Gasteiger partial charge in [0.1, 0.15) is 24.2 Å². The number of rotatable bonds is 14. The predicted molar refractivity (Wildman–Crippen MR) is 178 cm³/mol. The summed E-state index contributed by atoms with van der Waals surface area (Å²) in [5.41, 5.74) is 1.60. The Hall–Kier alpha value is -4.41. The third-order valence-electron chi connectivity index (χ3n) is 7.08. The van der Waals surface area contributed by atoms with Crippen LogP contribution >= 0.6 is 11.6 Å². The number of sulfonamides is 1. The standard InChI is InChI=1S/C35H37ClFN3O5S/c1-4-45-31-18-16-30(17-19-31)40(46(43,44)32-20-12-28(36)13-21-32)24-34(41)39(23-27-10-14-29(37)15-11-27)33(35(42)38-25(2)3)22-26-8-6-5-7-9-26/h5-21,25,33H,4,22-24H2,1-3H3,(H,38,42)/t33-/m1/s1. The van der Waals surface area contributed by atoms with Gasteiger partial charge in [0.15, 0.2) is 0 Å². The van der Waals surface area contributed by atoms with Gasteiger partial charge in [-0.1, -0.05) is 54.1 Å². The number of hydrogen-bond donors (Lipinski definition) is 1. The molecule has 1 atom stereocenters. The molecule has 11 heteroatoms. The number of ether oxygens (including phenoxy) is 1. The maximum Gasteiger partial charge on any atom is 0.264 e. The Balaban J connectivity index is 1.80. The second kappa shape index (κ2) is 15.7. The molecule has 0 spiro atoms. The lowest BCUT2D eigenvalue weighted by Gasteiger charge is -2.34. The van der Waals surface area contributed by atoms with Crippen LogP contribution in [0.4, 0.5) is 10.1 Å². The molecular weight excluding hydrogens is 629 g/mol. The van der Waals surface area contributed by atoms with Crippen molar-refractivity contribution in [2.45, 2.75) is 50.7 Å². The molecule has 0 aliphatic heterocycles. The first-order chi connectivity index (χ1) is 22.0. The fourth-order valence-electron chi connectivity index (χ4n) is 4.86. The molecule has 0 aliphatic rings. The van der Waals surface area contributed by atoms with Crippen molar-refractivity contribution in [2.75, 3.05) is 17.5 Å². The molecule has 0 unspecified atom stereocenters. The molecule has 0 fully saturated rings. The predicted octanol–water partition coefficient (Wildman–Crippen LogP) is 6.24. The van der Waals surface area contributed by atoms with E-state index in [-0.39, 0.29) is 29.6 Å². The first-order valence-corrected chi connectivity index (χ1v) is 16.7. The second-order valence-electron chi connectivity index (χ2n) is 10.9. The largest absolute Gasteiger partial charge is 0.494 e. The summed E-state index contributed by atoms with van der Waals surface area (Å²) in [7, 11) is -4.29. The summed E-state index contributed by atoms with van der Waals surface area (Å²) < 4.78 is 48.6. The number of anilines is 1. The number of amides is 2. The zero-order valence-electron chi connectivity index (χ0n) is 25.9. The van der Waals surface area contributed by atoms with Gasteiger partial charge in [0.2, 0.25) is 11.8 Å². The third kappa shape index (κ3) is 9.08. The van der Waals surface area contributed by atoms with Crippen LogP contribution in [-0.2, 0) is 32.6 Å². The highest BCUT2D eigenvalue weighted by molar-refractivity contribution is 7.92. The van der Waals surface area contributed by atoms with Gasteiger partial charge in [0, 0.05) is 24.0 Å². The molecule has 0 bridgehead atoms. The molecule has 0 aliphatic carbocycles. The summed E-state index contributed by atoms with van der Waals surface area (Å²) in [5, 5.41) is 3.26. The Morgan fingerprint density at radius 3 is 2.09 bits per heavy atom. The Labute approximate surface area is 274 Å². The molecule has 46 heavy (non-hydrogen) atoms. The number of nitrogens with zero attached hydrogens (tertiary/aromatic N) is 2. The van der Waals surface area contributed by atoms with E-state index < -0.39 is 40.2 Å². The number of hydrogen-bond acceptors (Lipinski definition) is 5. The molecule has 2 amide bonds. The minimum absolute atomic E-state index is 0.0675. The highest BCUT2D eigenvalue weighted by Gasteiger charge is 2.35. The van der Waals surface area contributed by atoms with Crippen molar-refractivity contribution in [3.63, 3.8) is 0 Å². The van der Waals surface area contributed by atoms with Crippen LogP contribution in [0.5, 0.6) is 5.75 Å². The zero-order valence-corrected chi connectivity index (χ0v) is 27.5. The van der Waals surface area contributed by atoms with Crippen molar-refractivity contribution < 1.29 is 27.1 Å². The van der Waals surface area contributed by atoms with E-state index in [1.165, 1.54) is 53.4 Å². The Morgan fingerprint density at radius 2 is 1.50 bits per heavy atom. The van der Waals surface area contributed by atoms with Gasteiger partial charge in [-0.15, -0.1) is 0 Å². The molecule has 0 radical (unpaired) electrons. The Kier molecular flexibility index (Phi) is 11.8. The number of carbonyl (C=O) groups excluding carboxylic acids is 2. The Morgan fingerprint density at radius 1 is 0.870 bits per heavy atom. The van der Waals surface area contributed by atoms with Crippen LogP contribution in [0.1, 0.15) is 31.9 Å². The van der Waals surface area contributed by atoms with E-state index in [4.69, 9.17) is 16.3 Å². The van der Waals surface area contributed by atoms with Crippen LogP contribution in [0.3, 0.4) is 0 Å². The van der Waals surface area contributed by atoms with Crippen molar-refractivity contribution in [3.8, 4) is 5.75 Å². The molecule has 0 saturated heterocycles. The molecular formula is C35H37ClFN3O5S. The van der Waals surface area contributed by atoms with E-state index in [0.29, 0.717) is 22.9 Å². The minimum Gasteiger partial charge on any atom is -0.494 e. The van der Waals surface area contributed by atoms with E-state index in [1.54, 1.807) is 24.3 Å². The average Bonchev–Trinajstić information content (AvgIpc) is 3.03. The molecule has 4 rings (SSSR count). The van der Waals surface area contributed by atoms with Gasteiger partial charge in [-0.25, -0.2) is 12.8 Å². The van der Waals surface area contributed by atoms with Crippen molar-refractivity contribution >= 4 is 39.1 Å². The van der Waals surface area contributed by atoms with E-state index in [9.17, 15) is 22.4 Å². The van der Waals surface area contributed by atoms with Gasteiger partial charge in [-0.3, -0.25) is 13.9 Å². The molecule has 0 saturated carbocycles. The maximum absolute atomic E-state index is 14.4. The van der Waals surface area contributed by atoms with Gasteiger partial charge in [0.05, 0.1) is 17.2 Å². The van der Waals surface area contributed by atoms with Crippen LogP contribution in [-0.4, -0.2) is 50.4 Å². The van der Waals surface area contributed by atoms with Crippen LogP contribution < -0.4 is 14.4 Å². The van der Waals surface area contributed by atoms with Crippen molar-refractivity contribution in [1.29, 1.82) is 0 Å². The smallest absolute Gasteiger partial charge is 0.264 e. The van der Waals surface area contributed by atoms with Gasteiger partial charge < -0.3 is 15.0 Å². The van der Waals surface area contributed by atoms with Crippen LogP contribution in [0.15, 0.2) is 108 Å². The summed E-state index contributed by atoms with van der Waals surface area (Å²) in [5.74, 6) is -0.943. The van der Waals surface area contributed by atoms with Crippen molar-refractivity contribution in [2.24, 2.45) is 0 Å². The number of nitrogens with one attached hydrogen (secondary N) is 1. The first kappa shape index (κ1) is 34.5. The maximum atomic E-state index is 14.4. The lowest BCUT2D eigenvalue weighted by molar-refractivity contribution is -0.140. The SMILES string of the molecule is CCOc1ccc(N(CC(=O)N(Cc2ccc(F)cc2)[C@H](Cc2ccccc2)C(=O)NC(C)C)S(=O)(=O)c2ccc(Cl)cc2)cc1. The van der Waals surface area contributed by atoms with Gasteiger partial charge >= 0.3 is 0 Å². The quantitative estimate of drug-likeness (QED) is 0.172. The fraction of sp³-hybridized carbons (Fsp3) is 0.257. The lowest BCUT2D eigenvalue weighted by Crippen LogP contribution is -2.54. The van der Waals surface area contributed by atoms with Gasteiger partial charge in [0.25, 0.3) is 10.0 Å². The van der Waals surface area contributed by atoms with Gasteiger partial charge in [-0.2, -0.15) is 0 Å². The molecule has 8 nitrogen and oxygen atoms in total. The summed E-state index contributed by atoms with van der Waals surface area (Å²) in [6.07, 6.45) is 0.166. The van der Waals surface area contributed by atoms with Crippen molar-refractivity contribution in [3.05, 3.63) is 125 Å². The number of benzene rings is 4. The molecule has 242 valence electrons.